The molecule has 0 nitrogen and oxygen atoms in total. The van der Waals surface area contributed by atoms with Gasteiger partial charge in [-0.25, -0.2) is 0 Å². The van der Waals surface area contributed by atoms with Crippen LogP contribution in [0.4, 0.5) is 0 Å². The van der Waals surface area contributed by atoms with Crippen molar-refractivity contribution in [3.8, 4) is 0 Å². The topological polar surface area (TPSA) is 0 Å². The molecule has 0 radical (unpaired) electrons. The van der Waals surface area contributed by atoms with E-state index in [1.165, 1.54) is 16.7 Å². The van der Waals surface area contributed by atoms with Gasteiger partial charge in [-0.2, -0.15) is 0 Å². The van der Waals surface area contributed by atoms with Crippen molar-refractivity contribution in [2.75, 3.05) is 0 Å². The molecule has 0 heterocycles. The van der Waals surface area contributed by atoms with Gasteiger partial charge < -0.3 is 0 Å². The first-order chi connectivity index (χ1) is 7.75. The zero-order valence-electron chi connectivity index (χ0n) is 9.15. The molecule has 16 heavy (non-hydrogen) atoms. The molecule has 0 aliphatic carbocycles. The summed E-state index contributed by atoms with van der Waals surface area (Å²) in [5, 5.41) is 0. The third-order valence-electron chi connectivity index (χ3n) is 2.44. The Hall–Kier alpha value is -1.34. The molecular formula is C15H13Br. The fourth-order valence-corrected chi connectivity index (χ4v) is 1.89. The number of rotatable bonds is 2. The summed E-state index contributed by atoms with van der Waals surface area (Å²) in [6.45, 7) is 2.10. The van der Waals surface area contributed by atoms with E-state index in [-0.39, 0.29) is 0 Å². The molecule has 0 N–H and O–H groups in total. The molecule has 2 aromatic rings. The predicted octanol–water partition coefficient (Wildman–Crippen LogP) is 4.93. The van der Waals surface area contributed by atoms with Crippen molar-refractivity contribution in [3.05, 3.63) is 69.7 Å². The van der Waals surface area contributed by atoms with Crippen molar-refractivity contribution in [1.29, 1.82) is 0 Å². The summed E-state index contributed by atoms with van der Waals surface area (Å²) in [5.74, 6) is 0. The van der Waals surface area contributed by atoms with E-state index in [1.807, 2.05) is 12.1 Å². The van der Waals surface area contributed by atoms with Gasteiger partial charge in [0, 0.05) is 4.47 Å². The number of benzene rings is 2. The average Bonchev–Trinajstić information content (AvgIpc) is 2.30. The third-order valence-corrected chi connectivity index (χ3v) is 3.16. The largest absolute Gasteiger partial charge is 0.0616 e. The van der Waals surface area contributed by atoms with Crippen LogP contribution in [-0.4, -0.2) is 0 Å². The molecule has 2 aromatic carbocycles. The minimum absolute atomic E-state index is 1.12. The molecule has 0 bridgehead atoms. The van der Waals surface area contributed by atoms with Crippen LogP contribution in [0.15, 0.2) is 53.0 Å². The van der Waals surface area contributed by atoms with E-state index in [0.29, 0.717) is 0 Å². The highest BCUT2D eigenvalue weighted by atomic mass is 79.9. The summed E-state index contributed by atoms with van der Waals surface area (Å²) in [7, 11) is 0. The summed E-state index contributed by atoms with van der Waals surface area (Å²) in [5.41, 5.74) is 3.71. The molecular weight excluding hydrogens is 260 g/mol. The Balaban J connectivity index is 2.21. The van der Waals surface area contributed by atoms with E-state index in [1.54, 1.807) is 0 Å². The second-order valence-electron chi connectivity index (χ2n) is 3.77. The van der Waals surface area contributed by atoms with Crippen LogP contribution in [0.3, 0.4) is 0 Å². The maximum absolute atomic E-state index is 3.53. The fourth-order valence-electron chi connectivity index (χ4n) is 1.47. The van der Waals surface area contributed by atoms with Gasteiger partial charge in [0.25, 0.3) is 0 Å². The minimum Gasteiger partial charge on any atom is -0.0616 e. The Kier molecular flexibility index (Phi) is 3.58. The van der Waals surface area contributed by atoms with E-state index in [2.05, 4.69) is 71.4 Å². The maximum Gasteiger partial charge on any atom is 0.0247 e. The van der Waals surface area contributed by atoms with Gasteiger partial charge in [-0.3, -0.25) is 0 Å². The zero-order chi connectivity index (χ0) is 11.4. The highest BCUT2D eigenvalue weighted by molar-refractivity contribution is 9.10. The second kappa shape index (κ2) is 5.13. The summed E-state index contributed by atoms with van der Waals surface area (Å²) in [6, 6.07) is 16.7. The smallest absolute Gasteiger partial charge is 0.0247 e. The highest BCUT2D eigenvalue weighted by Gasteiger charge is 1.92. The number of aryl methyl sites for hydroxylation is 1. The molecule has 0 spiro atoms. The molecule has 2 rings (SSSR count). The van der Waals surface area contributed by atoms with Gasteiger partial charge in [0.15, 0.2) is 0 Å². The van der Waals surface area contributed by atoms with Crippen LogP contribution < -0.4 is 0 Å². The molecule has 0 atom stereocenters. The molecule has 0 saturated heterocycles. The molecule has 0 fully saturated rings. The highest BCUT2D eigenvalue weighted by Crippen LogP contribution is 2.18. The van der Waals surface area contributed by atoms with Gasteiger partial charge in [-0.15, -0.1) is 0 Å². The average molecular weight is 273 g/mol. The van der Waals surface area contributed by atoms with Gasteiger partial charge in [-0.1, -0.05) is 76.1 Å². The van der Waals surface area contributed by atoms with Crippen LogP contribution in [-0.2, 0) is 0 Å². The first-order valence-corrected chi connectivity index (χ1v) is 6.04. The lowest BCUT2D eigenvalue weighted by molar-refractivity contribution is 1.46. The van der Waals surface area contributed by atoms with Gasteiger partial charge in [0.1, 0.15) is 0 Å². The molecule has 0 aromatic heterocycles. The molecule has 1 heteroatoms. The van der Waals surface area contributed by atoms with Crippen molar-refractivity contribution < 1.29 is 0 Å². The lowest BCUT2D eigenvalue weighted by atomic mass is 10.1. The van der Waals surface area contributed by atoms with Crippen molar-refractivity contribution in [3.63, 3.8) is 0 Å². The number of hydrogen-bond donors (Lipinski definition) is 0. The normalized spacial score (nSPS) is 10.9. The van der Waals surface area contributed by atoms with E-state index < -0.39 is 0 Å². The van der Waals surface area contributed by atoms with Crippen molar-refractivity contribution in [2.45, 2.75) is 6.92 Å². The van der Waals surface area contributed by atoms with Crippen LogP contribution in [0, 0.1) is 6.92 Å². The summed E-state index contributed by atoms with van der Waals surface area (Å²) in [6.07, 6.45) is 4.24. The standard InChI is InChI=1S/C15H13Br/c1-12-6-8-13(9-7-12)10-11-14-4-2-3-5-15(14)16/h2-11H,1H3/b11-10-. The lowest BCUT2D eigenvalue weighted by Crippen LogP contribution is -1.75. The minimum atomic E-state index is 1.12. The number of hydrogen-bond acceptors (Lipinski definition) is 0. The van der Waals surface area contributed by atoms with Crippen LogP contribution in [0.5, 0.6) is 0 Å². The first kappa shape index (κ1) is 11.2. The van der Waals surface area contributed by atoms with E-state index in [9.17, 15) is 0 Å². The molecule has 80 valence electrons. The Bertz CT molecular complexity index is 495. The Labute approximate surface area is 105 Å². The van der Waals surface area contributed by atoms with E-state index in [0.717, 1.165) is 4.47 Å². The predicted molar refractivity (Wildman–Crippen MR) is 74.2 cm³/mol. The van der Waals surface area contributed by atoms with E-state index >= 15 is 0 Å². The third kappa shape index (κ3) is 2.83. The van der Waals surface area contributed by atoms with Gasteiger partial charge in [0.2, 0.25) is 0 Å². The second-order valence-corrected chi connectivity index (χ2v) is 4.62. The van der Waals surface area contributed by atoms with Gasteiger partial charge in [0.05, 0.1) is 0 Å². The Morgan fingerprint density at radius 2 is 1.56 bits per heavy atom. The molecule has 0 unspecified atom stereocenters. The fraction of sp³-hybridized carbons (Fsp3) is 0.0667. The summed E-state index contributed by atoms with van der Waals surface area (Å²) >= 11 is 3.53. The van der Waals surface area contributed by atoms with Crippen LogP contribution in [0.1, 0.15) is 16.7 Å². The van der Waals surface area contributed by atoms with Crippen molar-refractivity contribution >= 4 is 28.1 Å². The molecule has 0 saturated carbocycles. The molecule has 0 aliphatic rings. The summed E-state index contributed by atoms with van der Waals surface area (Å²) in [4.78, 5) is 0. The van der Waals surface area contributed by atoms with Crippen LogP contribution in [0.2, 0.25) is 0 Å². The zero-order valence-corrected chi connectivity index (χ0v) is 10.7. The molecule has 0 amide bonds. The maximum atomic E-state index is 3.53. The van der Waals surface area contributed by atoms with E-state index in [4.69, 9.17) is 0 Å². The number of halogens is 1. The molecule has 0 aliphatic heterocycles. The Morgan fingerprint density at radius 3 is 2.25 bits per heavy atom. The van der Waals surface area contributed by atoms with Gasteiger partial charge >= 0.3 is 0 Å². The first-order valence-electron chi connectivity index (χ1n) is 5.25. The SMILES string of the molecule is Cc1ccc(/C=C\c2ccccc2Br)cc1. The quantitative estimate of drug-likeness (QED) is 0.681. The van der Waals surface area contributed by atoms with Crippen LogP contribution >= 0.6 is 15.9 Å². The van der Waals surface area contributed by atoms with Crippen molar-refractivity contribution in [2.24, 2.45) is 0 Å². The van der Waals surface area contributed by atoms with Gasteiger partial charge in [-0.05, 0) is 24.1 Å². The Morgan fingerprint density at radius 1 is 0.875 bits per heavy atom. The van der Waals surface area contributed by atoms with Crippen molar-refractivity contribution in [1.82, 2.24) is 0 Å². The lowest BCUT2D eigenvalue weighted by Gasteiger charge is -1.98. The summed E-state index contributed by atoms with van der Waals surface area (Å²) < 4.78 is 1.12. The van der Waals surface area contributed by atoms with Crippen LogP contribution in [0.25, 0.3) is 12.2 Å². The monoisotopic (exact) mass is 272 g/mol.